The van der Waals surface area contributed by atoms with E-state index in [1.807, 2.05) is 6.33 Å². The van der Waals surface area contributed by atoms with Crippen molar-refractivity contribution >= 4 is 22.7 Å². The molecule has 0 bridgehead atoms. The summed E-state index contributed by atoms with van der Waals surface area (Å²) < 4.78 is 8.31. The van der Waals surface area contributed by atoms with Crippen LogP contribution in [0.3, 0.4) is 0 Å². The molecule has 7 rings (SSSR count). The molecular formula is C32H35N3O2. The predicted octanol–water partition coefficient (Wildman–Crippen LogP) is 7.07. The van der Waals surface area contributed by atoms with Crippen molar-refractivity contribution in [3.05, 3.63) is 78.4 Å². The molecule has 1 aromatic carbocycles. The first kappa shape index (κ1) is 22.9. The number of ether oxygens (including phenoxy) is 1. The molecule has 0 N–H and O–H groups in total. The van der Waals surface area contributed by atoms with E-state index in [1.165, 1.54) is 29.6 Å². The third-order valence-corrected chi connectivity index (χ3v) is 10.5. The Bertz CT molecular complexity index is 1420. The van der Waals surface area contributed by atoms with Crippen LogP contribution in [0.1, 0.15) is 69.2 Å². The van der Waals surface area contributed by atoms with Crippen LogP contribution in [0.25, 0.3) is 16.7 Å². The van der Waals surface area contributed by atoms with Crippen LogP contribution in [-0.4, -0.2) is 26.6 Å². The second kappa shape index (κ2) is 8.41. The van der Waals surface area contributed by atoms with Gasteiger partial charge in [-0.15, -0.1) is 0 Å². The number of carbonyl (C=O) groups excluding carboxylic acids is 1. The first-order valence-electron chi connectivity index (χ1n) is 13.9. The molecule has 2 heterocycles. The molecule has 4 aliphatic rings. The molecule has 2 saturated carbocycles. The van der Waals surface area contributed by atoms with Gasteiger partial charge in [-0.1, -0.05) is 43.7 Å². The maximum atomic E-state index is 12.7. The van der Waals surface area contributed by atoms with Gasteiger partial charge in [-0.05, 0) is 86.0 Å². The maximum Gasteiger partial charge on any atom is 0.339 e. The molecule has 3 unspecified atom stereocenters. The molecule has 6 atom stereocenters. The Hall–Kier alpha value is -3.21. The quantitative estimate of drug-likeness (QED) is 0.289. The summed E-state index contributed by atoms with van der Waals surface area (Å²) >= 11 is 0. The summed E-state index contributed by atoms with van der Waals surface area (Å²) in [5.74, 6) is 1.82. The van der Waals surface area contributed by atoms with Crippen molar-refractivity contribution in [2.75, 3.05) is 0 Å². The van der Waals surface area contributed by atoms with Gasteiger partial charge in [0.1, 0.15) is 12.4 Å². The van der Waals surface area contributed by atoms with Crippen LogP contribution in [0, 0.1) is 28.6 Å². The van der Waals surface area contributed by atoms with E-state index in [2.05, 4.69) is 59.8 Å². The summed E-state index contributed by atoms with van der Waals surface area (Å²) in [6.07, 6.45) is 18.0. The van der Waals surface area contributed by atoms with Crippen LogP contribution < -0.4 is 0 Å². The summed E-state index contributed by atoms with van der Waals surface area (Å²) in [5, 5.41) is 0. The summed E-state index contributed by atoms with van der Waals surface area (Å²) in [5.41, 5.74) is 6.21. The lowest BCUT2D eigenvalue weighted by molar-refractivity contribution is -0.0315. The molecule has 3 aromatic rings. The van der Waals surface area contributed by atoms with E-state index in [4.69, 9.17) is 9.72 Å². The van der Waals surface area contributed by atoms with E-state index in [9.17, 15) is 4.79 Å². The molecule has 0 spiro atoms. The van der Waals surface area contributed by atoms with E-state index < -0.39 is 0 Å². The van der Waals surface area contributed by atoms with Gasteiger partial charge in [-0.25, -0.2) is 9.78 Å². The first-order valence-corrected chi connectivity index (χ1v) is 13.9. The third-order valence-electron chi connectivity index (χ3n) is 10.5. The van der Waals surface area contributed by atoms with Crippen molar-refractivity contribution in [1.82, 2.24) is 14.5 Å². The summed E-state index contributed by atoms with van der Waals surface area (Å²) in [4.78, 5) is 21.4. The van der Waals surface area contributed by atoms with Crippen molar-refractivity contribution in [2.45, 2.75) is 64.9 Å². The zero-order valence-corrected chi connectivity index (χ0v) is 21.8. The Morgan fingerprint density at radius 2 is 1.86 bits per heavy atom. The van der Waals surface area contributed by atoms with Crippen LogP contribution in [0.2, 0.25) is 0 Å². The number of carbonyl (C=O) groups is 1. The Morgan fingerprint density at radius 1 is 1.00 bits per heavy atom. The second-order valence-electron chi connectivity index (χ2n) is 12.2. The molecule has 37 heavy (non-hydrogen) atoms. The van der Waals surface area contributed by atoms with Crippen molar-refractivity contribution in [3.63, 3.8) is 0 Å². The highest BCUT2D eigenvalue weighted by molar-refractivity contribution is 5.89. The number of imidazole rings is 1. The zero-order valence-electron chi connectivity index (χ0n) is 21.8. The lowest BCUT2D eigenvalue weighted by atomic mass is 9.47. The molecular weight excluding hydrogens is 458 g/mol. The monoisotopic (exact) mass is 493 g/mol. The average molecular weight is 494 g/mol. The van der Waals surface area contributed by atoms with Crippen molar-refractivity contribution < 1.29 is 9.53 Å². The number of aromatic nitrogens is 3. The van der Waals surface area contributed by atoms with Crippen molar-refractivity contribution in [1.29, 1.82) is 0 Å². The van der Waals surface area contributed by atoms with Gasteiger partial charge in [0, 0.05) is 29.9 Å². The summed E-state index contributed by atoms with van der Waals surface area (Å²) in [6, 6.07) is 12.1. The van der Waals surface area contributed by atoms with E-state index in [0.717, 1.165) is 37.6 Å². The van der Waals surface area contributed by atoms with Gasteiger partial charge in [0.25, 0.3) is 0 Å². The van der Waals surface area contributed by atoms with E-state index >= 15 is 0 Å². The maximum absolute atomic E-state index is 12.7. The average Bonchev–Trinajstić information content (AvgIpc) is 3.49. The normalized spacial score (nSPS) is 34.6. The standard InChI is InChI=1S/C32H35N3O2/c1-31-15-13-23(37-30(36)21-6-5-17-33-19-21)18-22(31)9-10-24-25-11-12-29(32(25,2)16-14-26(24)31)35-20-34-27-7-3-4-8-28(27)35/h3-9,12,17,19-20,23-26H,10-11,13-16,18H2,1-2H3/t23-,24?,25?,26?,31-,32-/m0/s1. The number of para-hydroxylation sites is 2. The largest absolute Gasteiger partial charge is 0.458 e. The Kier molecular flexibility index (Phi) is 5.21. The third kappa shape index (κ3) is 3.46. The smallest absolute Gasteiger partial charge is 0.339 e. The number of hydrogen-bond acceptors (Lipinski definition) is 4. The van der Waals surface area contributed by atoms with Crippen LogP contribution in [0.15, 0.2) is 72.8 Å². The molecule has 5 heteroatoms. The SMILES string of the molecule is C[C@]12CC[C@H](OC(=O)c3cccnc3)CC1=CCC1C2CC[C@]2(C)C(n3cnc4ccccc43)=CCC12. The summed E-state index contributed by atoms with van der Waals surface area (Å²) in [6.45, 7) is 5.02. The minimum atomic E-state index is -0.249. The minimum Gasteiger partial charge on any atom is -0.458 e. The Labute approximate surface area is 218 Å². The highest BCUT2D eigenvalue weighted by atomic mass is 16.5. The second-order valence-corrected chi connectivity index (χ2v) is 12.2. The van der Waals surface area contributed by atoms with Crippen LogP contribution >= 0.6 is 0 Å². The molecule has 0 saturated heterocycles. The van der Waals surface area contributed by atoms with Crippen molar-refractivity contribution in [3.8, 4) is 0 Å². The molecule has 0 aliphatic heterocycles. The van der Waals surface area contributed by atoms with Gasteiger partial charge < -0.3 is 9.30 Å². The van der Waals surface area contributed by atoms with Gasteiger partial charge in [0.2, 0.25) is 0 Å². The molecule has 4 aliphatic carbocycles. The number of fused-ring (bicyclic) bond motifs is 6. The highest BCUT2D eigenvalue weighted by Crippen LogP contribution is 2.65. The van der Waals surface area contributed by atoms with E-state index in [1.54, 1.807) is 24.5 Å². The number of nitrogens with zero attached hydrogens (tertiary/aromatic N) is 3. The Balaban J connectivity index is 1.11. The fourth-order valence-electron chi connectivity index (χ4n) is 8.50. The fraction of sp³-hybridized carbons (Fsp3) is 0.469. The van der Waals surface area contributed by atoms with Crippen LogP contribution in [0.4, 0.5) is 0 Å². The molecule has 190 valence electrons. The minimum absolute atomic E-state index is 0.0355. The number of allylic oxidation sites excluding steroid dienone is 3. The molecule has 2 fully saturated rings. The van der Waals surface area contributed by atoms with E-state index in [0.29, 0.717) is 23.3 Å². The van der Waals surface area contributed by atoms with Gasteiger partial charge in [0.05, 0.1) is 16.6 Å². The fourth-order valence-corrected chi connectivity index (χ4v) is 8.50. The van der Waals surface area contributed by atoms with Gasteiger partial charge >= 0.3 is 5.97 Å². The number of esters is 1. The summed E-state index contributed by atoms with van der Waals surface area (Å²) in [7, 11) is 0. The van der Waals surface area contributed by atoms with Crippen LogP contribution in [0.5, 0.6) is 0 Å². The lowest BCUT2D eigenvalue weighted by Crippen LogP contribution is -2.50. The first-order chi connectivity index (χ1) is 18.0. The van der Waals surface area contributed by atoms with Gasteiger partial charge in [-0.3, -0.25) is 4.98 Å². The topological polar surface area (TPSA) is 57.0 Å². The van der Waals surface area contributed by atoms with E-state index in [-0.39, 0.29) is 22.9 Å². The van der Waals surface area contributed by atoms with Crippen LogP contribution in [-0.2, 0) is 4.74 Å². The number of rotatable bonds is 3. The molecule has 5 nitrogen and oxygen atoms in total. The molecule has 0 radical (unpaired) electrons. The Morgan fingerprint density at radius 3 is 2.73 bits per heavy atom. The number of pyridine rings is 1. The number of hydrogen-bond donors (Lipinski definition) is 0. The van der Waals surface area contributed by atoms with Gasteiger partial charge in [0.15, 0.2) is 0 Å². The molecule has 2 aromatic heterocycles. The zero-order chi connectivity index (χ0) is 25.2. The number of benzene rings is 1. The van der Waals surface area contributed by atoms with Crippen molar-refractivity contribution in [2.24, 2.45) is 28.6 Å². The lowest BCUT2D eigenvalue weighted by Gasteiger charge is -2.57. The highest BCUT2D eigenvalue weighted by Gasteiger charge is 2.57. The molecule has 0 amide bonds. The predicted molar refractivity (Wildman–Crippen MR) is 145 cm³/mol. The van der Waals surface area contributed by atoms with Gasteiger partial charge in [-0.2, -0.15) is 0 Å².